The van der Waals surface area contributed by atoms with Gasteiger partial charge in [0.15, 0.2) is 0 Å². The van der Waals surface area contributed by atoms with Crippen molar-refractivity contribution in [2.24, 2.45) is 5.92 Å². The molecule has 2 rings (SSSR count). The Hall–Kier alpha value is -0.800. The van der Waals surface area contributed by atoms with Gasteiger partial charge in [0.2, 0.25) is 0 Å². The Bertz CT molecular complexity index is 355. The van der Waals surface area contributed by atoms with Gasteiger partial charge >= 0.3 is 0 Å². The molecule has 1 aromatic heterocycles. The summed E-state index contributed by atoms with van der Waals surface area (Å²) in [4.78, 5) is 0. The van der Waals surface area contributed by atoms with Crippen molar-refractivity contribution in [3.05, 3.63) is 23.7 Å². The topological polar surface area (TPSA) is 45.4 Å². The van der Waals surface area contributed by atoms with E-state index in [2.05, 4.69) is 12.2 Å². The van der Waals surface area contributed by atoms with Gasteiger partial charge in [-0.2, -0.15) is 0 Å². The molecule has 1 saturated carbocycles. The summed E-state index contributed by atoms with van der Waals surface area (Å²) in [7, 11) is 0. The van der Waals surface area contributed by atoms with Crippen LogP contribution in [0.1, 0.15) is 56.6 Å². The van der Waals surface area contributed by atoms with Gasteiger partial charge in [0.05, 0.1) is 12.1 Å². The van der Waals surface area contributed by atoms with Crippen molar-refractivity contribution in [1.82, 2.24) is 5.32 Å². The third kappa shape index (κ3) is 3.85. The molecule has 2 unspecified atom stereocenters. The smallest absolute Gasteiger partial charge is 0.120 e. The lowest BCUT2D eigenvalue weighted by atomic mass is 10.00. The maximum atomic E-state index is 10.0. The lowest BCUT2D eigenvalue weighted by molar-refractivity contribution is 0.136. The lowest BCUT2D eigenvalue weighted by Crippen LogP contribution is -2.30. The largest absolute Gasteiger partial charge is 0.465 e. The van der Waals surface area contributed by atoms with E-state index in [-0.39, 0.29) is 12.1 Å². The summed E-state index contributed by atoms with van der Waals surface area (Å²) in [6, 6.07) is 4.13. The van der Waals surface area contributed by atoms with Crippen LogP contribution in [0.2, 0.25) is 0 Å². The van der Waals surface area contributed by atoms with Gasteiger partial charge in [-0.3, -0.25) is 0 Å². The van der Waals surface area contributed by atoms with E-state index in [9.17, 15) is 5.11 Å². The van der Waals surface area contributed by atoms with Crippen molar-refractivity contribution in [1.29, 1.82) is 0 Å². The zero-order valence-electron chi connectivity index (χ0n) is 11.5. The predicted octanol–water partition coefficient (Wildman–Crippen LogP) is 3.18. The molecule has 3 heteroatoms. The Morgan fingerprint density at radius 2 is 2.11 bits per heavy atom. The minimum Gasteiger partial charge on any atom is -0.465 e. The number of hydrogen-bond donors (Lipinski definition) is 2. The predicted molar refractivity (Wildman–Crippen MR) is 72.4 cm³/mol. The lowest BCUT2D eigenvalue weighted by Gasteiger charge is -2.18. The highest BCUT2D eigenvalue weighted by atomic mass is 16.3. The maximum absolute atomic E-state index is 10.0. The quantitative estimate of drug-likeness (QED) is 0.816. The highest BCUT2D eigenvalue weighted by Gasteiger charge is 2.19. The van der Waals surface area contributed by atoms with Gasteiger partial charge in [-0.15, -0.1) is 0 Å². The zero-order valence-corrected chi connectivity index (χ0v) is 11.5. The van der Waals surface area contributed by atoms with Crippen molar-refractivity contribution in [2.75, 3.05) is 6.54 Å². The van der Waals surface area contributed by atoms with Crippen molar-refractivity contribution >= 4 is 0 Å². The van der Waals surface area contributed by atoms with Crippen LogP contribution in [0, 0.1) is 12.8 Å². The van der Waals surface area contributed by atoms with Gasteiger partial charge in [-0.1, -0.05) is 25.7 Å². The molecule has 0 radical (unpaired) electrons. The van der Waals surface area contributed by atoms with Crippen LogP contribution in [0.25, 0.3) is 0 Å². The van der Waals surface area contributed by atoms with E-state index in [1.807, 2.05) is 19.1 Å². The summed E-state index contributed by atoms with van der Waals surface area (Å²) < 4.78 is 5.57. The third-order valence-electron chi connectivity index (χ3n) is 3.93. The molecule has 0 bridgehead atoms. The van der Waals surface area contributed by atoms with Crippen molar-refractivity contribution in [3.63, 3.8) is 0 Å². The van der Waals surface area contributed by atoms with Crippen LogP contribution < -0.4 is 5.32 Å². The zero-order chi connectivity index (χ0) is 13.0. The van der Waals surface area contributed by atoms with E-state index in [0.717, 1.165) is 23.9 Å². The number of aryl methyl sites for hydroxylation is 1. The third-order valence-corrected chi connectivity index (χ3v) is 3.93. The molecule has 1 aliphatic rings. The standard InChI is InChI=1S/C15H25NO2/c1-11-7-8-15(18-11)12(2)16-10-14(17)9-13-5-3-4-6-13/h7-8,12-14,16-17H,3-6,9-10H2,1-2H3. The average molecular weight is 251 g/mol. The van der Waals surface area contributed by atoms with Gasteiger partial charge in [-0.05, 0) is 38.3 Å². The first-order valence-corrected chi connectivity index (χ1v) is 7.13. The molecule has 3 nitrogen and oxygen atoms in total. The molecule has 2 atom stereocenters. The van der Waals surface area contributed by atoms with Crippen LogP contribution in [-0.2, 0) is 0 Å². The van der Waals surface area contributed by atoms with Crippen molar-refractivity contribution in [2.45, 2.75) is 58.1 Å². The molecule has 0 spiro atoms. The first-order chi connectivity index (χ1) is 8.65. The molecule has 1 aromatic rings. The summed E-state index contributed by atoms with van der Waals surface area (Å²) in [5, 5.41) is 13.4. The minimum atomic E-state index is -0.230. The fraction of sp³-hybridized carbons (Fsp3) is 0.733. The minimum absolute atomic E-state index is 0.164. The maximum Gasteiger partial charge on any atom is 0.120 e. The van der Waals surface area contributed by atoms with Crippen molar-refractivity contribution < 1.29 is 9.52 Å². The molecule has 18 heavy (non-hydrogen) atoms. The van der Waals surface area contributed by atoms with Crippen molar-refractivity contribution in [3.8, 4) is 0 Å². The van der Waals surface area contributed by atoms with Crippen LogP contribution in [-0.4, -0.2) is 17.8 Å². The van der Waals surface area contributed by atoms with Gasteiger partial charge in [-0.25, -0.2) is 0 Å². The molecule has 0 saturated heterocycles. The van der Waals surface area contributed by atoms with E-state index in [1.165, 1.54) is 25.7 Å². The molecule has 2 N–H and O–H groups in total. The monoisotopic (exact) mass is 251 g/mol. The normalized spacial score (nSPS) is 20.2. The van der Waals surface area contributed by atoms with E-state index < -0.39 is 0 Å². The van der Waals surface area contributed by atoms with Gasteiger partial charge in [0.25, 0.3) is 0 Å². The molecule has 1 aliphatic carbocycles. The van der Waals surface area contributed by atoms with E-state index in [0.29, 0.717) is 6.54 Å². The average Bonchev–Trinajstić information content (AvgIpc) is 2.97. The van der Waals surface area contributed by atoms with E-state index >= 15 is 0 Å². The van der Waals surface area contributed by atoms with Gasteiger partial charge < -0.3 is 14.8 Å². The summed E-state index contributed by atoms with van der Waals surface area (Å²) in [6.07, 6.45) is 5.98. The highest BCUT2D eigenvalue weighted by molar-refractivity contribution is 5.08. The molecule has 102 valence electrons. The van der Waals surface area contributed by atoms with Crippen LogP contribution in [0.4, 0.5) is 0 Å². The first kappa shape index (κ1) is 13.6. The fourth-order valence-corrected chi connectivity index (χ4v) is 2.81. The van der Waals surface area contributed by atoms with E-state index in [4.69, 9.17) is 4.42 Å². The van der Waals surface area contributed by atoms with Crippen LogP contribution in [0.5, 0.6) is 0 Å². The summed E-state index contributed by atoms with van der Waals surface area (Å²) in [6.45, 7) is 4.67. The molecular formula is C15H25NO2. The second-order valence-corrected chi connectivity index (χ2v) is 5.62. The number of aliphatic hydroxyl groups excluding tert-OH is 1. The van der Waals surface area contributed by atoms with E-state index in [1.54, 1.807) is 0 Å². The summed E-state index contributed by atoms with van der Waals surface area (Å²) in [5.41, 5.74) is 0. The molecule has 0 aliphatic heterocycles. The van der Waals surface area contributed by atoms with Gasteiger partial charge in [0.1, 0.15) is 11.5 Å². The Kier molecular flexibility index (Phi) is 4.84. The van der Waals surface area contributed by atoms with Crippen LogP contribution in [0.3, 0.4) is 0 Å². The Labute approximate surface area is 110 Å². The number of furan rings is 1. The number of rotatable bonds is 6. The summed E-state index contributed by atoms with van der Waals surface area (Å²) >= 11 is 0. The Balaban J connectivity index is 1.70. The second-order valence-electron chi connectivity index (χ2n) is 5.62. The number of nitrogens with one attached hydrogen (secondary N) is 1. The Morgan fingerprint density at radius 1 is 1.39 bits per heavy atom. The molecule has 1 heterocycles. The molecule has 1 fully saturated rings. The molecule has 0 aromatic carbocycles. The first-order valence-electron chi connectivity index (χ1n) is 7.13. The molecule has 0 amide bonds. The second kappa shape index (κ2) is 6.39. The van der Waals surface area contributed by atoms with Crippen LogP contribution >= 0.6 is 0 Å². The Morgan fingerprint density at radius 3 is 2.72 bits per heavy atom. The number of hydrogen-bond acceptors (Lipinski definition) is 3. The molecular weight excluding hydrogens is 226 g/mol. The van der Waals surface area contributed by atoms with Crippen LogP contribution in [0.15, 0.2) is 16.5 Å². The SMILES string of the molecule is Cc1ccc(C(C)NCC(O)CC2CCCC2)o1. The highest BCUT2D eigenvalue weighted by Crippen LogP contribution is 2.28. The fourth-order valence-electron chi connectivity index (χ4n) is 2.81. The summed E-state index contributed by atoms with van der Waals surface area (Å²) in [5.74, 6) is 2.62. The number of aliphatic hydroxyl groups is 1. The van der Waals surface area contributed by atoms with Gasteiger partial charge in [0, 0.05) is 6.54 Å².